The van der Waals surface area contributed by atoms with Gasteiger partial charge in [0.05, 0.1) is 17.2 Å². The summed E-state index contributed by atoms with van der Waals surface area (Å²) in [6, 6.07) is 7.72. The first-order valence-corrected chi connectivity index (χ1v) is 11.3. The molecule has 0 aliphatic heterocycles. The third-order valence-corrected chi connectivity index (χ3v) is 7.87. The van der Waals surface area contributed by atoms with E-state index in [9.17, 15) is 13.2 Å². The maximum Gasteiger partial charge on any atom is 0.225 e. The monoisotopic (exact) mass is 389 g/mol. The number of aromatic nitrogens is 1. The third-order valence-electron chi connectivity index (χ3n) is 5.50. The molecule has 0 N–H and O–H groups in total. The summed E-state index contributed by atoms with van der Waals surface area (Å²) in [4.78, 5) is 16.7. The number of benzene rings is 1. The van der Waals surface area contributed by atoms with Crippen LogP contribution in [0.15, 0.2) is 41.1 Å². The van der Waals surface area contributed by atoms with E-state index in [0.29, 0.717) is 12.3 Å². The minimum atomic E-state index is -3.00. The second kappa shape index (κ2) is 8.38. The van der Waals surface area contributed by atoms with E-state index in [0.717, 1.165) is 36.8 Å². The Balaban J connectivity index is 1.51. The van der Waals surface area contributed by atoms with Crippen molar-refractivity contribution < 1.29 is 17.6 Å². The van der Waals surface area contributed by atoms with E-state index < -0.39 is 9.84 Å². The molecule has 6 heteroatoms. The Morgan fingerprint density at radius 3 is 2.37 bits per heavy atom. The first-order valence-electron chi connectivity index (χ1n) is 9.58. The predicted molar refractivity (Wildman–Crippen MR) is 105 cm³/mol. The molecular weight excluding hydrogens is 362 g/mol. The molecule has 1 aromatic heterocycles. The fourth-order valence-corrected chi connectivity index (χ4v) is 5.02. The first-order chi connectivity index (χ1) is 12.8. The summed E-state index contributed by atoms with van der Waals surface area (Å²) >= 11 is 0. The Morgan fingerprint density at radius 2 is 1.81 bits per heavy atom. The first kappa shape index (κ1) is 19.8. The van der Waals surface area contributed by atoms with E-state index >= 15 is 0 Å². The average molecular weight is 390 g/mol. The summed E-state index contributed by atoms with van der Waals surface area (Å²) in [7, 11) is -3.00. The molecule has 146 valence electrons. The number of nitrogens with zero attached hydrogens (tertiary/aromatic N) is 1. The quantitative estimate of drug-likeness (QED) is 0.713. The average Bonchev–Trinajstić information content (AvgIpc) is 3.17. The highest BCUT2D eigenvalue weighted by Gasteiger charge is 2.29. The molecular formula is C21H27NO4S. The van der Waals surface area contributed by atoms with Crippen LogP contribution in [-0.2, 0) is 21.1 Å². The smallest absolute Gasteiger partial charge is 0.225 e. The molecule has 1 aliphatic carbocycles. The van der Waals surface area contributed by atoms with Crippen molar-refractivity contribution in [1.82, 2.24) is 4.98 Å². The van der Waals surface area contributed by atoms with Crippen LogP contribution >= 0.6 is 0 Å². The fraction of sp³-hybridized carbons (Fsp3) is 0.524. The molecule has 0 atom stereocenters. The highest BCUT2D eigenvalue weighted by atomic mass is 32.2. The van der Waals surface area contributed by atoms with Crippen LogP contribution < -0.4 is 0 Å². The number of carbonyl (C=O) groups excluding carboxylic acids is 1. The minimum absolute atomic E-state index is 0.0504. The normalized spacial score (nSPS) is 20.7. The summed E-state index contributed by atoms with van der Waals surface area (Å²) in [5.74, 6) is 1.33. The Bertz CT molecular complexity index is 846. The number of Topliss-reactive ketones (excluding diaryl/α,β-unsaturated/α-hetero) is 1. The molecule has 1 heterocycles. The standard InChI is InChI=1S/C21H27NO4S/c1-15(2)27(24,25)14-17-5-7-18(8-6-17)20(23)13-16-3-9-19(10-4-16)21-22-11-12-26-21/h3-4,9-12,15,17-18H,5-8,13-14H2,1-2H3. The molecule has 1 aromatic carbocycles. The van der Waals surface area contributed by atoms with Crippen molar-refractivity contribution in [2.45, 2.75) is 51.2 Å². The summed E-state index contributed by atoms with van der Waals surface area (Å²) < 4.78 is 29.5. The van der Waals surface area contributed by atoms with Crippen LogP contribution in [0.5, 0.6) is 0 Å². The van der Waals surface area contributed by atoms with Crippen LogP contribution in [0.1, 0.15) is 45.1 Å². The Kier molecular flexibility index (Phi) is 6.15. The van der Waals surface area contributed by atoms with Crippen LogP contribution in [-0.4, -0.2) is 30.2 Å². The molecule has 1 fully saturated rings. The number of hydrogen-bond acceptors (Lipinski definition) is 5. The molecule has 3 rings (SSSR count). The molecule has 0 amide bonds. The number of hydrogen-bond donors (Lipinski definition) is 0. The van der Waals surface area contributed by atoms with Crippen molar-refractivity contribution in [1.29, 1.82) is 0 Å². The van der Waals surface area contributed by atoms with Crippen molar-refractivity contribution in [3.63, 3.8) is 0 Å². The number of carbonyl (C=O) groups is 1. The van der Waals surface area contributed by atoms with Gasteiger partial charge in [-0.2, -0.15) is 0 Å². The molecule has 5 nitrogen and oxygen atoms in total. The van der Waals surface area contributed by atoms with Gasteiger partial charge in [-0.05, 0) is 63.1 Å². The number of sulfone groups is 1. The maximum atomic E-state index is 12.6. The van der Waals surface area contributed by atoms with Crippen molar-refractivity contribution in [2.24, 2.45) is 11.8 Å². The van der Waals surface area contributed by atoms with Gasteiger partial charge in [0.2, 0.25) is 5.89 Å². The van der Waals surface area contributed by atoms with E-state index in [1.807, 2.05) is 24.3 Å². The lowest BCUT2D eigenvalue weighted by Gasteiger charge is -2.28. The zero-order valence-electron chi connectivity index (χ0n) is 15.9. The molecule has 0 spiro atoms. The van der Waals surface area contributed by atoms with Gasteiger partial charge in [-0.25, -0.2) is 13.4 Å². The van der Waals surface area contributed by atoms with E-state index in [1.165, 1.54) is 6.26 Å². The fourth-order valence-electron chi connectivity index (χ4n) is 3.65. The van der Waals surface area contributed by atoms with E-state index in [1.54, 1.807) is 20.0 Å². The van der Waals surface area contributed by atoms with Gasteiger partial charge < -0.3 is 4.42 Å². The van der Waals surface area contributed by atoms with Gasteiger partial charge in [-0.15, -0.1) is 0 Å². The van der Waals surface area contributed by atoms with Crippen molar-refractivity contribution >= 4 is 15.6 Å². The van der Waals surface area contributed by atoms with E-state index in [4.69, 9.17) is 4.42 Å². The zero-order chi connectivity index (χ0) is 19.4. The van der Waals surface area contributed by atoms with Crippen LogP contribution in [0.3, 0.4) is 0 Å². The number of oxazole rings is 1. The molecule has 0 unspecified atom stereocenters. The molecule has 0 saturated heterocycles. The summed E-state index contributed by atoms with van der Waals surface area (Å²) in [5.41, 5.74) is 1.88. The Hall–Kier alpha value is -1.95. The molecule has 2 aromatic rings. The number of rotatable bonds is 7. The highest BCUT2D eigenvalue weighted by molar-refractivity contribution is 7.91. The third kappa shape index (κ3) is 5.06. The highest BCUT2D eigenvalue weighted by Crippen LogP contribution is 2.31. The lowest BCUT2D eigenvalue weighted by molar-refractivity contribution is -0.123. The Morgan fingerprint density at radius 1 is 1.15 bits per heavy atom. The largest absolute Gasteiger partial charge is 0.445 e. The van der Waals surface area contributed by atoms with E-state index in [2.05, 4.69) is 4.98 Å². The van der Waals surface area contributed by atoms with Crippen molar-refractivity contribution in [2.75, 3.05) is 5.75 Å². The summed E-state index contributed by atoms with van der Waals surface area (Å²) in [6.45, 7) is 3.47. The predicted octanol–water partition coefficient (Wildman–Crippen LogP) is 4.08. The summed E-state index contributed by atoms with van der Waals surface area (Å²) in [6.07, 6.45) is 6.81. The lowest BCUT2D eigenvalue weighted by Crippen LogP contribution is -2.29. The lowest BCUT2D eigenvalue weighted by atomic mass is 9.79. The molecule has 0 bridgehead atoms. The van der Waals surface area contributed by atoms with Gasteiger partial charge >= 0.3 is 0 Å². The summed E-state index contributed by atoms with van der Waals surface area (Å²) in [5, 5.41) is -0.323. The second-order valence-corrected chi connectivity index (χ2v) is 10.4. The number of ketones is 1. The van der Waals surface area contributed by atoms with Crippen LogP contribution in [0.4, 0.5) is 0 Å². The molecule has 1 aliphatic rings. The van der Waals surface area contributed by atoms with Gasteiger partial charge in [0.25, 0.3) is 0 Å². The van der Waals surface area contributed by atoms with Crippen LogP contribution in [0.2, 0.25) is 0 Å². The van der Waals surface area contributed by atoms with Gasteiger partial charge in [-0.3, -0.25) is 4.79 Å². The molecule has 1 saturated carbocycles. The molecule has 0 radical (unpaired) electrons. The van der Waals surface area contributed by atoms with Gasteiger partial charge in [0, 0.05) is 17.9 Å². The van der Waals surface area contributed by atoms with Crippen molar-refractivity contribution in [3.05, 3.63) is 42.3 Å². The topological polar surface area (TPSA) is 77.2 Å². The van der Waals surface area contributed by atoms with E-state index in [-0.39, 0.29) is 28.6 Å². The van der Waals surface area contributed by atoms with Crippen LogP contribution in [0.25, 0.3) is 11.5 Å². The SMILES string of the molecule is CC(C)S(=O)(=O)CC1CCC(C(=O)Cc2ccc(-c3ncco3)cc2)CC1. The van der Waals surface area contributed by atoms with Crippen molar-refractivity contribution in [3.8, 4) is 11.5 Å². The second-order valence-electron chi connectivity index (χ2n) is 7.77. The van der Waals surface area contributed by atoms with Crippen LogP contribution in [0, 0.1) is 11.8 Å². The van der Waals surface area contributed by atoms with Gasteiger partial charge in [0.15, 0.2) is 9.84 Å². The maximum absolute atomic E-state index is 12.6. The van der Waals surface area contributed by atoms with Gasteiger partial charge in [0.1, 0.15) is 12.0 Å². The minimum Gasteiger partial charge on any atom is -0.445 e. The van der Waals surface area contributed by atoms with Gasteiger partial charge in [-0.1, -0.05) is 12.1 Å². The molecule has 27 heavy (non-hydrogen) atoms. The Labute approximate surface area is 161 Å². The zero-order valence-corrected chi connectivity index (χ0v) is 16.7.